The van der Waals surface area contributed by atoms with Crippen LogP contribution in [0.5, 0.6) is 0 Å². The molecule has 0 fully saturated rings. The molecular weight excluding hydrogens is 448 g/mol. The number of hydrogen-bond donors (Lipinski definition) is 2. The van der Waals surface area contributed by atoms with E-state index < -0.39 is 0 Å². The number of carbonyl (C=O) groups is 1. The second-order valence-corrected chi connectivity index (χ2v) is 6.70. The van der Waals surface area contributed by atoms with Gasteiger partial charge in [-0.2, -0.15) is 0 Å². The van der Waals surface area contributed by atoms with Gasteiger partial charge in [0.25, 0.3) is 0 Å². The molecule has 0 atom stereocenters. The Morgan fingerprint density at radius 3 is 2.80 bits per heavy atom. The number of benzene rings is 2. The minimum absolute atomic E-state index is 0.183. The van der Waals surface area contributed by atoms with Gasteiger partial charge >= 0.3 is 0 Å². The van der Waals surface area contributed by atoms with Crippen molar-refractivity contribution in [2.24, 2.45) is 0 Å². The highest BCUT2D eigenvalue weighted by Crippen LogP contribution is 2.26. The Bertz CT molecular complexity index is 943. The first kappa shape index (κ1) is 17.6. The number of anilines is 3. The summed E-state index contributed by atoms with van der Waals surface area (Å²) >= 11 is 6.70. The summed E-state index contributed by atoms with van der Waals surface area (Å²) in [5.41, 5.74) is 2.38. The first-order valence-corrected chi connectivity index (χ1v) is 9.38. The van der Waals surface area contributed by atoms with Gasteiger partial charge in [-0.1, -0.05) is 44.0 Å². The predicted molar refractivity (Wildman–Crippen MR) is 109 cm³/mol. The van der Waals surface area contributed by atoms with Crippen molar-refractivity contribution in [2.75, 3.05) is 16.0 Å². The number of hydrogen-bond acceptors (Lipinski definition) is 4. The first-order chi connectivity index (χ1) is 12.2. The third-order valence-corrected chi connectivity index (χ3v) is 4.22. The molecule has 3 rings (SSSR count). The van der Waals surface area contributed by atoms with Crippen molar-refractivity contribution in [3.8, 4) is 0 Å². The van der Waals surface area contributed by atoms with Crippen LogP contribution >= 0.6 is 31.9 Å². The third-order valence-electron chi connectivity index (χ3n) is 3.35. The topological polar surface area (TPSA) is 66.9 Å². The molecule has 2 N–H and O–H groups in total. The molecule has 0 unspecified atom stereocenters. The number of fused-ring (bicyclic) bond motifs is 1. The fraction of sp³-hybridized carbons (Fsp3) is 0.0556. The van der Waals surface area contributed by atoms with E-state index in [0.717, 1.165) is 21.1 Å². The molecular formula is C18H14Br2N4O. The molecule has 0 radical (unpaired) electrons. The molecule has 5 nitrogen and oxygen atoms in total. The van der Waals surface area contributed by atoms with Gasteiger partial charge in [-0.15, -0.1) is 0 Å². The maximum atomic E-state index is 11.9. The molecule has 7 heteroatoms. The molecule has 0 aliphatic heterocycles. The summed E-state index contributed by atoms with van der Waals surface area (Å²) in [7, 11) is 0. The highest BCUT2D eigenvalue weighted by Gasteiger charge is 2.07. The number of amides is 1. The average molecular weight is 462 g/mol. The number of rotatable bonds is 5. The second kappa shape index (κ2) is 8.22. The Morgan fingerprint density at radius 2 is 2.00 bits per heavy atom. The maximum Gasteiger partial charge on any atom is 0.248 e. The van der Waals surface area contributed by atoms with Crippen LogP contribution in [0.1, 0.15) is 0 Å². The lowest BCUT2D eigenvalue weighted by molar-refractivity contribution is -0.111. The van der Waals surface area contributed by atoms with Crippen LogP contribution in [0.4, 0.5) is 17.2 Å². The predicted octanol–water partition coefficient (Wildman–Crippen LogP) is 5.03. The van der Waals surface area contributed by atoms with Gasteiger partial charge < -0.3 is 10.6 Å². The van der Waals surface area contributed by atoms with Crippen molar-refractivity contribution >= 4 is 65.9 Å². The zero-order valence-electron chi connectivity index (χ0n) is 13.0. The minimum atomic E-state index is -0.183. The molecule has 0 bridgehead atoms. The molecule has 25 heavy (non-hydrogen) atoms. The Kier molecular flexibility index (Phi) is 5.78. The van der Waals surface area contributed by atoms with Gasteiger partial charge in [-0.05, 0) is 36.4 Å². The van der Waals surface area contributed by atoms with E-state index in [1.165, 1.54) is 12.4 Å². The molecule has 1 amide bonds. The highest BCUT2D eigenvalue weighted by molar-refractivity contribution is 9.10. The van der Waals surface area contributed by atoms with Gasteiger partial charge in [0.1, 0.15) is 12.1 Å². The summed E-state index contributed by atoms with van der Waals surface area (Å²) in [6.07, 6.45) is 4.74. The van der Waals surface area contributed by atoms with Crippen molar-refractivity contribution in [1.82, 2.24) is 9.97 Å². The molecule has 0 saturated heterocycles. The first-order valence-electron chi connectivity index (χ1n) is 7.46. The zero-order valence-corrected chi connectivity index (χ0v) is 16.2. The van der Waals surface area contributed by atoms with E-state index in [4.69, 9.17) is 0 Å². The van der Waals surface area contributed by atoms with Crippen LogP contribution in [0.2, 0.25) is 0 Å². The normalized spacial score (nSPS) is 11.0. The molecule has 0 aliphatic carbocycles. The molecule has 1 aromatic heterocycles. The van der Waals surface area contributed by atoms with E-state index in [-0.39, 0.29) is 5.91 Å². The molecule has 126 valence electrons. The smallest absolute Gasteiger partial charge is 0.248 e. The van der Waals surface area contributed by atoms with E-state index in [1.54, 1.807) is 6.08 Å². The maximum absolute atomic E-state index is 11.9. The number of halogens is 2. The Hall–Kier alpha value is -2.25. The van der Waals surface area contributed by atoms with Crippen molar-refractivity contribution in [2.45, 2.75) is 0 Å². The average Bonchev–Trinajstić information content (AvgIpc) is 2.60. The lowest BCUT2D eigenvalue weighted by Crippen LogP contribution is -2.08. The van der Waals surface area contributed by atoms with E-state index in [9.17, 15) is 4.79 Å². The van der Waals surface area contributed by atoms with Crippen molar-refractivity contribution in [3.05, 3.63) is 65.4 Å². The van der Waals surface area contributed by atoms with Gasteiger partial charge in [0.05, 0.1) is 5.52 Å². The highest BCUT2D eigenvalue weighted by atomic mass is 79.9. The van der Waals surface area contributed by atoms with Crippen LogP contribution in [-0.4, -0.2) is 21.2 Å². The SMILES string of the molecule is O=C(C=CCBr)Nc1ccc2ncnc(Nc3cccc(Br)c3)c2c1. The van der Waals surface area contributed by atoms with Gasteiger partial charge in [-0.3, -0.25) is 4.79 Å². The van der Waals surface area contributed by atoms with Crippen molar-refractivity contribution in [3.63, 3.8) is 0 Å². The van der Waals surface area contributed by atoms with Crippen LogP contribution in [0, 0.1) is 0 Å². The van der Waals surface area contributed by atoms with Crippen molar-refractivity contribution in [1.29, 1.82) is 0 Å². The number of allylic oxidation sites excluding steroid dienone is 1. The molecule has 2 aromatic carbocycles. The van der Waals surface area contributed by atoms with Crippen LogP contribution in [0.3, 0.4) is 0 Å². The summed E-state index contributed by atoms with van der Waals surface area (Å²) in [5, 5.41) is 7.58. The third kappa shape index (κ3) is 4.64. The van der Waals surface area contributed by atoms with E-state index in [0.29, 0.717) is 16.8 Å². The zero-order chi connectivity index (χ0) is 17.6. The molecule has 0 aliphatic rings. The Morgan fingerprint density at radius 1 is 1.12 bits per heavy atom. The summed E-state index contributed by atoms with van der Waals surface area (Å²) in [6.45, 7) is 0. The summed E-state index contributed by atoms with van der Waals surface area (Å²) in [6, 6.07) is 13.3. The number of carbonyl (C=O) groups excluding carboxylic acids is 1. The minimum Gasteiger partial charge on any atom is -0.340 e. The standard InChI is InChI=1S/C18H14Br2N4O/c19-8-2-5-17(25)23-14-6-7-16-15(10-14)18(22-11-21-16)24-13-4-1-3-12(20)9-13/h1-7,9-11H,8H2,(H,23,25)(H,21,22,24). The van der Waals surface area contributed by atoms with Crippen LogP contribution in [-0.2, 0) is 4.79 Å². The van der Waals surface area contributed by atoms with Crippen LogP contribution in [0.15, 0.2) is 65.4 Å². The number of alkyl halides is 1. The monoisotopic (exact) mass is 460 g/mol. The Balaban J connectivity index is 1.92. The second-order valence-electron chi connectivity index (χ2n) is 5.14. The van der Waals surface area contributed by atoms with E-state index in [2.05, 4.69) is 52.5 Å². The number of nitrogens with zero attached hydrogens (tertiary/aromatic N) is 2. The van der Waals surface area contributed by atoms with Crippen LogP contribution < -0.4 is 10.6 Å². The summed E-state index contributed by atoms with van der Waals surface area (Å²) < 4.78 is 0.974. The summed E-state index contributed by atoms with van der Waals surface area (Å²) in [5.74, 6) is 0.493. The summed E-state index contributed by atoms with van der Waals surface area (Å²) in [4.78, 5) is 20.5. The Labute approximate surface area is 161 Å². The van der Waals surface area contributed by atoms with Gasteiger partial charge in [0, 0.05) is 32.6 Å². The van der Waals surface area contributed by atoms with Gasteiger partial charge in [-0.25, -0.2) is 9.97 Å². The quantitative estimate of drug-likeness (QED) is 0.413. The fourth-order valence-corrected chi connectivity index (χ4v) is 2.86. The number of nitrogens with one attached hydrogen (secondary N) is 2. The van der Waals surface area contributed by atoms with Gasteiger partial charge in [0.15, 0.2) is 0 Å². The fourth-order valence-electron chi connectivity index (χ4n) is 2.27. The molecule has 0 spiro atoms. The molecule has 1 heterocycles. The largest absolute Gasteiger partial charge is 0.340 e. The lowest BCUT2D eigenvalue weighted by atomic mass is 10.2. The molecule has 3 aromatic rings. The van der Waals surface area contributed by atoms with Gasteiger partial charge in [0.2, 0.25) is 5.91 Å². The lowest BCUT2D eigenvalue weighted by Gasteiger charge is -2.10. The number of aromatic nitrogens is 2. The van der Waals surface area contributed by atoms with E-state index in [1.807, 2.05) is 42.5 Å². The van der Waals surface area contributed by atoms with Crippen LogP contribution in [0.25, 0.3) is 10.9 Å². The van der Waals surface area contributed by atoms with Crippen molar-refractivity contribution < 1.29 is 4.79 Å². The van der Waals surface area contributed by atoms with E-state index >= 15 is 0 Å². The molecule has 0 saturated carbocycles.